The Bertz CT molecular complexity index is 452. The summed E-state index contributed by atoms with van der Waals surface area (Å²) >= 11 is 0. The standard InChI is InChI=1S/C9H7NO5/c1-5-6(9(12)13)2-3-8(10(14)15)7(5)4-11/h2-4H,1H3,(H,12,13). The highest BCUT2D eigenvalue weighted by Crippen LogP contribution is 2.23. The first-order valence-corrected chi connectivity index (χ1v) is 3.95. The summed E-state index contributed by atoms with van der Waals surface area (Å²) in [6.07, 6.45) is 0.292. The fourth-order valence-corrected chi connectivity index (χ4v) is 1.25. The minimum absolute atomic E-state index is 0.103. The zero-order chi connectivity index (χ0) is 11.6. The van der Waals surface area contributed by atoms with E-state index in [1.54, 1.807) is 0 Å². The normalized spacial score (nSPS) is 9.67. The third-order valence-corrected chi connectivity index (χ3v) is 2.04. The van der Waals surface area contributed by atoms with Crippen molar-refractivity contribution < 1.29 is 19.6 Å². The van der Waals surface area contributed by atoms with E-state index in [0.29, 0.717) is 6.29 Å². The number of nitrogens with zero attached hydrogens (tertiary/aromatic N) is 1. The van der Waals surface area contributed by atoms with Crippen molar-refractivity contribution in [3.63, 3.8) is 0 Å². The van der Waals surface area contributed by atoms with E-state index in [4.69, 9.17) is 5.11 Å². The summed E-state index contributed by atoms with van der Waals surface area (Å²) in [7, 11) is 0. The quantitative estimate of drug-likeness (QED) is 0.461. The van der Waals surface area contributed by atoms with Gasteiger partial charge in [-0.2, -0.15) is 0 Å². The van der Waals surface area contributed by atoms with Crippen molar-refractivity contribution in [1.29, 1.82) is 0 Å². The van der Waals surface area contributed by atoms with Crippen molar-refractivity contribution >= 4 is 17.9 Å². The molecule has 1 aromatic rings. The zero-order valence-electron chi connectivity index (χ0n) is 7.76. The Balaban J connectivity index is 3.52. The van der Waals surface area contributed by atoms with Crippen molar-refractivity contribution in [1.82, 2.24) is 0 Å². The molecule has 0 amide bonds. The molecule has 0 saturated carbocycles. The maximum absolute atomic E-state index is 10.7. The molecule has 0 aliphatic heterocycles. The van der Waals surface area contributed by atoms with E-state index in [1.165, 1.54) is 6.92 Å². The molecule has 78 valence electrons. The summed E-state index contributed by atoms with van der Waals surface area (Å²) in [5.41, 5.74) is -0.582. The van der Waals surface area contributed by atoms with E-state index in [0.717, 1.165) is 12.1 Å². The minimum atomic E-state index is -1.22. The van der Waals surface area contributed by atoms with Gasteiger partial charge < -0.3 is 5.11 Å². The van der Waals surface area contributed by atoms with Gasteiger partial charge in [0.25, 0.3) is 5.69 Å². The lowest BCUT2D eigenvalue weighted by Gasteiger charge is -2.03. The summed E-state index contributed by atoms with van der Waals surface area (Å²) in [6, 6.07) is 2.13. The number of carbonyl (C=O) groups is 2. The molecule has 0 spiro atoms. The Morgan fingerprint density at radius 2 is 2.13 bits per heavy atom. The van der Waals surface area contributed by atoms with Gasteiger partial charge in [0, 0.05) is 6.07 Å². The number of nitro benzene ring substituents is 1. The molecule has 1 N–H and O–H groups in total. The molecule has 0 aliphatic rings. The van der Waals surface area contributed by atoms with Gasteiger partial charge in [-0.3, -0.25) is 14.9 Å². The second kappa shape index (κ2) is 3.87. The summed E-state index contributed by atoms with van der Waals surface area (Å²) in [5.74, 6) is -1.22. The van der Waals surface area contributed by atoms with Crippen LogP contribution < -0.4 is 0 Å². The van der Waals surface area contributed by atoms with Gasteiger partial charge in [0.1, 0.15) is 0 Å². The number of aromatic carboxylic acids is 1. The molecule has 0 radical (unpaired) electrons. The Morgan fingerprint density at radius 3 is 2.53 bits per heavy atom. The number of benzene rings is 1. The minimum Gasteiger partial charge on any atom is -0.478 e. The second-order valence-corrected chi connectivity index (χ2v) is 2.85. The van der Waals surface area contributed by atoms with Gasteiger partial charge in [0.05, 0.1) is 16.1 Å². The van der Waals surface area contributed by atoms with E-state index >= 15 is 0 Å². The van der Waals surface area contributed by atoms with Crippen LogP contribution in [0.1, 0.15) is 26.3 Å². The lowest BCUT2D eigenvalue weighted by atomic mass is 10.0. The molecule has 6 nitrogen and oxygen atoms in total. The molecule has 0 unspecified atom stereocenters. The molecule has 15 heavy (non-hydrogen) atoms. The highest BCUT2D eigenvalue weighted by atomic mass is 16.6. The van der Waals surface area contributed by atoms with Crippen LogP contribution in [0.25, 0.3) is 0 Å². The molecule has 0 atom stereocenters. The Labute approximate surface area is 84.3 Å². The van der Waals surface area contributed by atoms with Crippen molar-refractivity contribution in [2.24, 2.45) is 0 Å². The van der Waals surface area contributed by atoms with Gasteiger partial charge in [-0.1, -0.05) is 0 Å². The summed E-state index contributed by atoms with van der Waals surface area (Å²) in [5, 5.41) is 19.2. The van der Waals surface area contributed by atoms with Gasteiger partial charge >= 0.3 is 5.97 Å². The second-order valence-electron chi connectivity index (χ2n) is 2.85. The van der Waals surface area contributed by atoms with Crippen LogP contribution in [-0.2, 0) is 0 Å². The number of carboxylic acids is 1. The first-order valence-electron chi connectivity index (χ1n) is 3.95. The number of hydrogen-bond donors (Lipinski definition) is 1. The number of nitro groups is 1. The smallest absolute Gasteiger partial charge is 0.335 e. The molecular formula is C9H7NO5. The molecule has 6 heteroatoms. The van der Waals surface area contributed by atoms with Gasteiger partial charge in [0.2, 0.25) is 0 Å². The fourth-order valence-electron chi connectivity index (χ4n) is 1.25. The summed E-state index contributed by atoms with van der Waals surface area (Å²) in [6.45, 7) is 1.36. The van der Waals surface area contributed by atoms with Crippen LogP contribution in [0.3, 0.4) is 0 Å². The molecule has 0 aliphatic carbocycles. The summed E-state index contributed by atoms with van der Waals surface area (Å²) in [4.78, 5) is 31.1. The SMILES string of the molecule is Cc1c(C(=O)O)ccc([N+](=O)[O-])c1C=O. The van der Waals surface area contributed by atoms with Crippen LogP contribution in [-0.4, -0.2) is 22.3 Å². The first kappa shape index (κ1) is 10.8. The number of aldehydes is 1. The van der Waals surface area contributed by atoms with E-state index in [9.17, 15) is 19.7 Å². The molecule has 1 aromatic carbocycles. The molecule has 0 bridgehead atoms. The number of rotatable bonds is 3. The highest BCUT2D eigenvalue weighted by Gasteiger charge is 2.20. The van der Waals surface area contributed by atoms with E-state index < -0.39 is 10.9 Å². The molecular weight excluding hydrogens is 202 g/mol. The maximum atomic E-state index is 10.7. The molecule has 0 saturated heterocycles. The average Bonchev–Trinajstić information content (AvgIpc) is 2.16. The van der Waals surface area contributed by atoms with Crippen LogP contribution in [0.2, 0.25) is 0 Å². The highest BCUT2D eigenvalue weighted by molar-refractivity contribution is 5.95. The molecule has 1 rings (SSSR count). The third kappa shape index (κ3) is 1.83. The molecule has 0 heterocycles. The van der Waals surface area contributed by atoms with Crippen molar-refractivity contribution in [3.8, 4) is 0 Å². The number of carboxylic acid groups (broad SMARTS) is 1. The Hall–Kier alpha value is -2.24. The van der Waals surface area contributed by atoms with Crippen LogP contribution >= 0.6 is 0 Å². The third-order valence-electron chi connectivity index (χ3n) is 2.04. The lowest BCUT2D eigenvalue weighted by molar-refractivity contribution is -0.385. The monoisotopic (exact) mass is 209 g/mol. The van der Waals surface area contributed by atoms with Gasteiger partial charge in [-0.05, 0) is 18.6 Å². The van der Waals surface area contributed by atoms with Crippen LogP contribution in [0.5, 0.6) is 0 Å². The molecule has 0 aromatic heterocycles. The van der Waals surface area contributed by atoms with Crippen LogP contribution in [0.4, 0.5) is 5.69 Å². The Morgan fingerprint density at radius 1 is 1.53 bits per heavy atom. The topological polar surface area (TPSA) is 97.5 Å². The van der Waals surface area contributed by atoms with E-state index in [-0.39, 0.29) is 22.4 Å². The van der Waals surface area contributed by atoms with Crippen LogP contribution in [0.15, 0.2) is 12.1 Å². The zero-order valence-corrected chi connectivity index (χ0v) is 7.76. The van der Waals surface area contributed by atoms with Gasteiger partial charge in [-0.15, -0.1) is 0 Å². The van der Waals surface area contributed by atoms with Crippen molar-refractivity contribution in [2.75, 3.05) is 0 Å². The van der Waals surface area contributed by atoms with Crippen LogP contribution in [0, 0.1) is 17.0 Å². The first-order chi connectivity index (χ1) is 6.99. The van der Waals surface area contributed by atoms with Gasteiger partial charge in [-0.25, -0.2) is 4.79 Å². The van der Waals surface area contributed by atoms with Crippen molar-refractivity contribution in [2.45, 2.75) is 6.92 Å². The fraction of sp³-hybridized carbons (Fsp3) is 0.111. The lowest BCUT2D eigenvalue weighted by Crippen LogP contribution is -2.05. The predicted octanol–water partition coefficient (Wildman–Crippen LogP) is 1.41. The summed E-state index contributed by atoms with van der Waals surface area (Å²) < 4.78 is 0. The predicted molar refractivity (Wildman–Crippen MR) is 50.2 cm³/mol. The maximum Gasteiger partial charge on any atom is 0.335 e. The number of carbonyl (C=O) groups excluding carboxylic acids is 1. The van der Waals surface area contributed by atoms with Gasteiger partial charge in [0.15, 0.2) is 6.29 Å². The molecule has 0 fully saturated rings. The van der Waals surface area contributed by atoms with E-state index in [1.807, 2.05) is 0 Å². The average molecular weight is 209 g/mol. The Kier molecular flexibility index (Phi) is 2.80. The largest absolute Gasteiger partial charge is 0.478 e. The van der Waals surface area contributed by atoms with Crippen molar-refractivity contribution in [3.05, 3.63) is 38.9 Å². The number of hydrogen-bond acceptors (Lipinski definition) is 4. The van der Waals surface area contributed by atoms with E-state index in [2.05, 4.69) is 0 Å².